The number of H-pyrrole nitrogens is 1. The number of nitrogens with zero attached hydrogens (tertiary/aromatic N) is 3. The van der Waals surface area contributed by atoms with Crippen molar-refractivity contribution in [3.8, 4) is 17.1 Å². The Balaban J connectivity index is 1.63. The van der Waals surface area contributed by atoms with Gasteiger partial charge < -0.3 is 10.4 Å². The van der Waals surface area contributed by atoms with E-state index in [1.54, 1.807) is 12.3 Å². The highest BCUT2D eigenvalue weighted by Gasteiger charge is 2.25. The summed E-state index contributed by atoms with van der Waals surface area (Å²) in [4.78, 5) is 8.14. The summed E-state index contributed by atoms with van der Waals surface area (Å²) >= 11 is 0. The lowest BCUT2D eigenvalue weighted by Crippen LogP contribution is -2.12. The largest absolute Gasteiger partial charge is 0.507 e. The molecule has 0 unspecified atom stereocenters. The summed E-state index contributed by atoms with van der Waals surface area (Å²) in [5.74, 6) is 1.58. The first-order valence-corrected chi connectivity index (χ1v) is 9.46. The fourth-order valence-electron chi connectivity index (χ4n) is 2.58. The van der Waals surface area contributed by atoms with E-state index in [0.29, 0.717) is 23.1 Å². The Morgan fingerprint density at radius 3 is 2.73 bits per heavy atom. The van der Waals surface area contributed by atoms with Gasteiger partial charge in [0, 0.05) is 29.4 Å². The number of benzene rings is 1. The van der Waals surface area contributed by atoms with Crippen molar-refractivity contribution in [2.45, 2.75) is 23.7 Å². The number of primary sulfonamides is 1. The lowest BCUT2D eigenvalue weighted by atomic mass is 10.2. The predicted octanol–water partition coefficient (Wildman–Crippen LogP) is 1.84. The second-order valence-corrected chi connectivity index (χ2v) is 7.63. The Labute approximate surface area is 149 Å². The normalized spacial score (nSPS) is 14.3. The first kappa shape index (κ1) is 16.5. The minimum Gasteiger partial charge on any atom is -0.507 e. The highest BCUT2D eigenvalue weighted by molar-refractivity contribution is 7.89. The molecule has 0 amide bonds. The number of hydrogen-bond acceptors (Lipinski definition) is 7. The van der Waals surface area contributed by atoms with Gasteiger partial charge in [0.1, 0.15) is 16.5 Å². The molecule has 0 bridgehead atoms. The van der Waals surface area contributed by atoms with E-state index >= 15 is 0 Å². The van der Waals surface area contributed by atoms with Crippen LogP contribution in [0.3, 0.4) is 0 Å². The third-order valence-corrected chi connectivity index (χ3v) is 4.99. The van der Waals surface area contributed by atoms with Crippen molar-refractivity contribution in [3.63, 3.8) is 0 Å². The van der Waals surface area contributed by atoms with Crippen LogP contribution in [0.2, 0.25) is 0 Å². The molecule has 0 aliphatic heterocycles. The van der Waals surface area contributed by atoms with Gasteiger partial charge in [0.15, 0.2) is 11.6 Å². The second kappa shape index (κ2) is 6.07. The number of phenolic OH excluding ortho intramolecular Hbond substituents is 1. The van der Waals surface area contributed by atoms with E-state index in [2.05, 4.69) is 25.5 Å². The number of hydrogen-bond donors (Lipinski definition) is 4. The monoisotopic (exact) mass is 372 g/mol. The van der Waals surface area contributed by atoms with Gasteiger partial charge in [0.25, 0.3) is 0 Å². The summed E-state index contributed by atoms with van der Waals surface area (Å²) in [6.07, 6.45) is 3.89. The molecule has 1 aromatic carbocycles. The van der Waals surface area contributed by atoms with E-state index in [1.165, 1.54) is 31.0 Å². The van der Waals surface area contributed by atoms with Gasteiger partial charge in [-0.3, -0.25) is 5.10 Å². The van der Waals surface area contributed by atoms with Crippen LogP contribution >= 0.6 is 0 Å². The molecule has 9 nitrogen and oxygen atoms in total. The van der Waals surface area contributed by atoms with E-state index in [4.69, 9.17) is 5.14 Å². The van der Waals surface area contributed by atoms with Crippen molar-refractivity contribution in [2.75, 3.05) is 5.32 Å². The zero-order valence-electron chi connectivity index (χ0n) is 13.5. The second-order valence-electron chi connectivity index (χ2n) is 6.10. The summed E-state index contributed by atoms with van der Waals surface area (Å²) in [6.45, 7) is 0. The third kappa shape index (κ3) is 3.37. The SMILES string of the molecule is NS(=O)(=O)c1cc(-c2nccc(Nc3cc(C4CC4)[nH]n3)n2)ccc1O. The molecular weight excluding hydrogens is 356 g/mol. The number of aromatic hydroxyl groups is 1. The molecule has 0 saturated heterocycles. The van der Waals surface area contributed by atoms with Crippen molar-refractivity contribution in [2.24, 2.45) is 5.14 Å². The van der Waals surface area contributed by atoms with Crippen LogP contribution in [0.1, 0.15) is 24.5 Å². The Bertz CT molecular complexity index is 1080. The van der Waals surface area contributed by atoms with E-state index in [0.717, 1.165) is 5.69 Å². The number of aromatic amines is 1. The first-order chi connectivity index (χ1) is 12.4. The molecule has 4 rings (SSSR count). The van der Waals surface area contributed by atoms with Gasteiger partial charge in [-0.05, 0) is 37.1 Å². The average Bonchev–Trinajstić information content (AvgIpc) is 3.34. The molecule has 2 heterocycles. The summed E-state index contributed by atoms with van der Waals surface area (Å²) in [6, 6.07) is 7.62. The topological polar surface area (TPSA) is 147 Å². The highest BCUT2D eigenvalue weighted by atomic mass is 32.2. The van der Waals surface area contributed by atoms with Gasteiger partial charge in [-0.2, -0.15) is 5.10 Å². The van der Waals surface area contributed by atoms with Crippen LogP contribution in [0.25, 0.3) is 11.4 Å². The number of sulfonamides is 1. The zero-order chi connectivity index (χ0) is 18.3. The van der Waals surface area contributed by atoms with Crippen LogP contribution in [0.15, 0.2) is 41.4 Å². The molecule has 2 aromatic heterocycles. The van der Waals surface area contributed by atoms with Crippen LogP contribution in [0, 0.1) is 0 Å². The molecule has 0 spiro atoms. The summed E-state index contributed by atoms with van der Waals surface area (Å²) in [5, 5.41) is 25.1. The van der Waals surface area contributed by atoms with E-state index < -0.39 is 15.8 Å². The van der Waals surface area contributed by atoms with Gasteiger partial charge >= 0.3 is 0 Å². The van der Waals surface area contributed by atoms with Crippen LogP contribution in [0.4, 0.5) is 11.6 Å². The fourth-order valence-corrected chi connectivity index (χ4v) is 3.23. The van der Waals surface area contributed by atoms with Crippen molar-refractivity contribution < 1.29 is 13.5 Å². The lowest BCUT2D eigenvalue weighted by Gasteiger charge is -2.07. The maximum absolute atomic E-state index is 11.6. The number of nitrogens with one attached hydrogen (secondary N) is 2. The quantitative estimate of drug-likeness (QED) is 0.534. The molecule has 0 atom stereocenters. The molecule has 0 radical (unpaired) electrons. The third-order valence-electron chi connectivity index (χ3n) is 4.05. The van der Waals surface area contributed by atoms with Crippen molar-refractivity contribution in [3.05, 3.63) is 42.2 Å². The Kier molecular flexibility index (Phi) is 3.85. The summed E-state index contributed by atoms with van der Waals surface area (Å²) in [5.41, 5.74) is 1.51. The van der Waals surface area contributed by atoms with E-state index in [9.17, 15) is 13.5 Å². The van der Waals surface area contributed by atoms with Crippen LogP contribution in [-0.4, -0.2) is 33.7 Å². The number of rotatable bonds is 5. The van der Waals surface area contributed by atoms with Crippen LogP contribution in [0.5, 0.6) is 5.75 Å². The number of aromatic nitrogens is 4. The predicted molar refractivity (Wildman–Crippen MR) is 94.4 cm³/mol. The van der Waals surface area contributed by atoms with Gasteiger partial charge in [-0.1, -0.05) is 0 Å². The molecule has 1 fully saturated rings. The lowest BCUT2D eigenvalue weighted by molar-refractivity contribution is 0.459. The molecule has 5 N–H and O–H groups in total. The highest BCUT2D eigenvalue weighted by Crippen LogP contribution is 2.39. The van der Waals surface area contributed by atoms with Crippen molar-refractivity contribution in [1.29, 1.82) is 0 Å². The first-order valence-electron chi connectivity index (χ1n) is 7.92. The molecule has 1 saturated carbocycles. The molecule has 26 heavy (non-hydrogen) atoms. The smallest absolute Gasteiger partial charge is 0.241 e. The van der Waals surface area contributed by atoms with Gasteiger partial charge in [-0.25, -0.2) is 23.5 Å². The maximum Gasteiger partial charge on any atom is 0.241 e. The number of phenols is 1. The summed E-state index contributed by atoms with van der Waals surface area (Å²) < 4.78 is 23.1. The van der Waals surface area contributed by atoms with Crippen LogP contribution in [-0.2, 0) is 10.0 Å². The van der Waals surface area contributed by atoms with Crippen LogP contribution < -0.4 is 10.5 Å². The minimum absolute atomic E-state index is 0.290. The fraction of sp³-hybridized carbons (Fsp3) is 0.188. The molecule has 10 heteroatoms. The molecule has 3 aromatic rings. The van der Waals surface area contributed by atoms with Crippen molar-refractivity contribution in [1.82, 2.24) is 20.2 Å². The Morgan fingerprint density at radius 2 is 2.00 bits per heavy atom. The minimum atomic E-state index is -4.06. The average molecular weight is 372 g/mol. The molecule has 134 valence electrons. The van der Waals surface area contributed by atoms with Gasteiger partial charge in [0.05, 0.1) is 0 Å². The number of nitrogens with two attached hydrogens (primary N) is 1. The van der Waals surface area contributed by atoms with Gasteiger partial charge in [-0.15, -0.1) is 0 Å². The van der Waals surface area contributed by atoms with E-state index in [1.807, 2.05) is 6.07 Å². The molecule has 1 aliphatic carbocycles. The molecule has 1 aliphatic rings. The zero-order valence-corrected chi connectivity index (χ0v) is 14.4. The molecular formula is C16H16N6O3S. The number of anilines is 2. The Morgan fingerprint density at radius 1 is 1.19 bits per heavy atom. The maximum atomic E-state index is 11.6. The van der Waals surface area contributed by atoms with Gasteiger partial charge in [0.2, 0.25) is 10.0 Å². The van der Waals surface area contributed by atoms with E-state index in [-0.39, 0.29) is 10.7 Å². The standard InChI is InChI=1S/C16H16N6O3S/c17-26(24,25)13-7-10(3-4-12(13)23)16-18-6-5-14(20-16)19-15-8-11(21-22-15)9-1-2-9/h3-9,23H,1-2H2,(H2,17,24,25)(H2,18,19,20,21,22). The van der Waals surface area contributed by atoms with Crippen molar-refractivity contribution >= 4 is 21.7 Å². The Hall–Kier alpha value is -2.98. The summed E-state index contributed by atoms with van der Waals surface area (Å²) in [7, 11) is -4.06.